The quantitative estimate of drug-likeness (QED) is 0.572. The first-order chi connectivity index (χ1) is 14.8. The van der Waals surface area contributed by atoms with Gasteiger partial charge in [-0.15, -0.1) is 0 Å². The van der Waals surface area contributed by atoms with E-state index in [2.05, 4.69) is 15.4 Å². The van der Waals surface area contributed by atoms with Gasteiger partial charge in [-0.1, -0.05) is 6.07 Å². The summed E-state index contributed by atoms with van der Waals surface area (Å²) in [6.07, 6.45) is 13.6. The van der Waals surface area contributed by atoms with Gasteiger partial charge in [0.05, 0.1) is 11.9 Å². The summed E-state index contributed by atoms with van der Waals surface area (Å²) in [5.74, 6) is 0.103. The van der Waals surface area contributed by atoms with E-state index in [0.717, 1.165) is 40.7 Å². The Balaban J connectivity index is 1.52. The third-order valence-corrected chi connectivity index (χ3v) is 5.96. The van der Waals surface area contributed by atoms with Crippen molar-refractivity contribution in [3.63, 3.8) is 0 Å². The highest BCUT2D eigenvalue weighted by Gasteiger charge is 2.27. The highest BCUT2D eigenvalue weighted by Crippen LogP contribution is 2.42. The van der Waals surface area contributed by atoms with Gasteiger partial charge in [-0.2, -0.15) is 5.10 Å². The molecule has 0 spiro atoms. The monoisotopic (exact) mass is 436 g/mol. The number of anilines is 1. The number of aryl methyl sites for hydroxylation is 1. The fourth-order valence-corrected chi connectivity index (χ4v) is 4.41. The number of hydrogen-bond donors (Lipinski definition) is 1. The first kappa shape index (κ1) is 21.0. The molecule has 1 aliphatic rings. The van der Waals surface area contributed by atoms with Crippen LogP contribution in [0.2, 0.25) is 0 Å². The molecule has 7 nitrogen and oxygen atoms in total. The SMILES string of the molecule is Cn1cc(-c2ccncc2/C=C/C(=O)Nc2ccc(C3CC3)c(CS(C)(=O)=O)c2)cn1. The van der Waals surface area contributed by atoms with Gasteiger partial charge in [-0.05, 0) is 59.7 Å². The normalized spacial score (nSPS) is 14.1. The van der Waals surface area contributed by atoms with Gasteiger partial charge in [0, 0.05) is 54.8 Å². The average molecular weight is 437 g/mol. The maximum atomic E-state index is 12.5. The molecule has 1 N–H and O–H groups in total. The van der Waals surface area contributed by atoms with Crippen LogP contribution in [0, 0.1) is 0 Å². The number of nitrogens with zero attached hydrogens (tertiary/aromatic N) is 3. The first-order valence-electron chi connectivity index (χ1n) is 10.0. The van der Waals surface area contributed by atoms with Crippen LogP contribution < -0.4 is 5.32 Å². The van der Waals surface area contributed by atoms with Crippen LogP contribution in [0.5, 0.6) is 0 Å². The molecule has 0 saturated heterocycles. The molecule has 0 aliphatic heterocycles. The van der Waals surface area contributed by atoms with Crippen LogP contribution in [0.1, 0.15) is 35.4 Å². The minimum absolute atomic E-state index is 0.0253. The lowest BCUT2D eigenvalue weighted by atomic mass is 10.0. The molecule has 1 aliphatic carbocycles. The van der Waals surface area contributed by atoms with E-state index in [1.165, 1.54) is 12.3 Å². The van der Waals surface area contributed by atoms with E-state index < -0.39 is 9.84 Å². The Hall–Kier alpha value is -3.26. The van der Waals surface area contributed by atoms with Gasteiger partial charge in [0.1, 0.15) is 0 Å². The largest absolute Gasteiger partial charge is 0.323 e. The lowest BCUT2D eigenvalue weighted by Gasteiger charge is -2.11. The fraction of sp³-hybridized carbons (Fsp3) is 0.261. The molecule has 1 aromatic carbocycles. The zero-order chi connectivity index (χ0) is 22.0. The van der Waals surface area contributed by atoms with Crippen LogP contribution in [-0.4, -0.2) is 35.3 Å². The van der Waals surface area contributed by atoms with Crippen LogP contribution in [0.3, 0.4) is 0 Å². The predicted molar refractivity (Wildman–Crippen MR) is 121 cm³/mol. The number of amides is 1. The molecule has 3 aromatic rings. The molecule has 0 radical (unpaired) electrons. The van der Waals surface area contributed by atoms with Crippen molar-refractivity contribution in [2.75, 3.05) is 11.6 Å². The molecule has 2 aromatic heterocycles. The Kier molecular flexibility index (Phi) is 5.73. The molecule has 1 amide bonds. The van der Waals surface area contributed by atoms with E-state index in [1.807, 2.05) is 31.4 Å². The van der Waals surface area contributed by atoms with Gasteiger partial charge >= 0.3 is 0 Å². The number of carbonyl (C=O) groups excluding carboxylic acids is 1. The summed E-state index contributed by atoms with van der Waals surface area (Å²) in [7, 11) is -1.32. The van der Waals surface area contributed by atoms with Crippen molar-refractivity contribution in [3.8, 4) is 11.1 Å². The molecule has 8 heteroatoms. The summed E-state index contributed by atoms with van der Waals surface area (Å²) >= 11 is 0. The predicted octanol–water partition coefficient (Wildman–Crippen LogP) is 3.56. The van der Waals surface area contributed by atoms with Gasteiger partial charge < -0.3 is 5.32 Å². The van der Waals surface area contributed by atoms with Crippen molar-refractivity contribution in [2.45, 2.75) is 24.5 Å². The van der Waals surface area contributed by atoms with Crippen molar-refractivity contribution < 1.29 is 13.2 Å². The van der Waals surface area contributed by atoms with Crippen molar-refractivity contribution in [3.05, 3.63) is 71.8 Å². The van der Waals surface area contributed by atoms with Gasteiger partial charge in [0.2, 0.25) is 5.91 Å². The third kappa shape index (κ3) is 5.46. The Morgan fingerprint density at radius 1 is 1.26 bits per heavy atom. The van der Waals surface area contributed by atoms with Crippen LogP contribution >= 0.6 is 0 Å². The molecule has 0 bridgehead atoms. The first-order valence-corrected chi connectivity index (χ1v) is 12.1. The summed E-state index contributed by atoms with van der Waals surface area (Å²) in [6, 6.07) is 7.41. The minimum atomic E-state index is -3.17. The summed E-state index contributed by atoms with van der Waals surface area (Å²) < 4.78 is 25.4. The molecule has 0 atom stereocenters. The Morgan fingerprint density at radius 2 is 2.06 bits per heavy atom. The molecule has 160 valence electrons. The van der Waals surface area contributed by atoms with Gasteiger partial charge in [-0.25, -0.2) is 8.42 Å². The van der Waals surface area contributed by atoms with Crippen molar-refractivity contribution >= 4 is 27.5 Å². The lowest BCUT2D eigenvalue weighted by Crippen LogP contribution is -2.10. The Labute approximate surface area is 181 Å². The number of hydrogen-bond acceptors (Lipinski definition) is 5. The summed E-state index contributed by atoms with van der Waals surface area (Å²) in [6.45, 7) is 0. The lowest BCUT2D eigenvalue weighted by molar-refractivity contribution is -0.111. The zero-order valence-corrected chi connectivity index (χ0v) is 18.3. The Morgan fingerprint density at radius 3 is 2.74 bits per heavy atom. The number of nitrogens with one attached hydrogen (secondary N) is 1. The molecular formula is C23H24N4O3S. The van der Waals surface area contributed by atoms with Crippen molar-refractivity contribution in [1.29, 1.82) is 0 Å². The molecule has 1 saturated carbocycles. The molecule has 2 heterocycles. The van der Waals surface area contributed by atoms with Gasteiger partial charge in [0.15, 0.2) is 9.84 Å². The second kappa shape index (κ2) is 8.47. The van der Waals surface area contributed by atoms with Crippen LogP contribution in [0.4, 0.5) is 5.69 Å². The third-order valence-electron chi connectivity index (χ3n) is 5.13. The molecule has 1 fully saturated rings. The fourth-order valence-electron chi connectivity index (χ4n) is 3.60. The summed E-state index contributed by atoms with van der Waals surface area (Å²) in [4.78, 5) is 16.7. The smallest absolute Gasteiger partial charge is 0.248 e. The van der Waals surface area contributed by atoms with Gasteiger partial charge in [0.25, 0.3) is 0 Å². The molecular weight excluding hydrogens is 412 g/mol. The highest BCUT2D eigenvalue weighted by atomic mass is 32.2. The number of sulfone groups is 1. The molecule has 31 heavy (non-hydrogen) atoms. The zero-order valence-electron chi connectivity index (χ0n) is 17.4. The van der Waals surface area contributed by atoms with Crippen molar-refractivity contribution in [1.82, 2.24) is 14.8 Å². The maximum absolute atomic E-state index is 12.5. The maximum Gasteiger partial charge on any atom is 0.248 e. The average Bonchev–Trinajstić information content (AvgIpc) is 3.46. The minimum Gasteiger partial charge on any atom is -0.323 e. The molecule has 0 unspecified atom stereocenters. The van der Waals surface area contributed by atoms with Crippen LogP contribution in [-0.2, 0) is 27.4 Å². The van der Waals surface area contributed by atoms with E-state index in [-0.39, 0.29) is 11.7 Å². The second-order valence-electron chi connectivity index (χ2n) is 7.95. The number of carbonyl (C=O) groups is 1. The number of benzene rings is 1. The number of pyridine rings is 1. The van der Waals surface area contributed by atoms with E-state index in [9.17, 15) is 13.2 Å². The van der Waals surface area contributed by atoms with Gasteiger partial charge in [-0.3, -0.25) is 14.5 Å². The highest BCUT2D eigenvalue weighted by molar-refractivity contribution is 7.89. The van der Waals surface area contributed by atoms with E-state index in [0.29, 0.717) is 11.6 Å². The number of aromatic nitrogens is 3. The van der Waals surface area contributed by atoms with E-state index in [1.54, 1.807) is 35.4 Å². The molecule has 4 rings (SSSR count). The number of rotatable bonds is 7. The van der Waals surface area contributed by atoms with Crippen LogP contribution in [0.25, 0.3) is 17.2 Å². The van der Waals surface area contributed by atoms with E-state index in [4.69, 9.17) is 0 Å². The van der Waals surface area contributed by atoms with E-state index >= 15 is 0 Å². The standard InChI is InChI=1S/C23H24N4O3S/c1-27-14-19(13-25-27)22-9-10-24-12-17(22)5-8-23(28)26-20-6-7-21(16-3-4-16)18(11-20)15-31(2,29)30/h5-14,16H,3-4,15H2,1-2H3,(H,26,28)/b8-5+. The summed E-state index contributed by atoms with van der Waals surface area (Å²) in [5, 5.41) is 7.02. The van der Waals surface area contributed by atoms with Crippen molar-refractivity contribution in [2.24, 2.45) is 7.05 Å². The summed E-state index contributed by atoms with van der Waals surface area (Å²) in [5.41, 5.74) is 5.07. The second-order valence-corrected chi connectivity index (χ2v) is 10.1. The van der Waals surface area contributed by atoms with Crippen LogP contribution in [0.15, 0.2) is 55.1 Å². The Bertz CT molecular complexity index is 1260. The topological polar surface area (TPSA) is 94.0 Å².